The summed E-state index contributed by atoms with van der Waals surface area (Å²) in [6.07, 6.45) is -0.0759. The SMILES string of the molecule is COC(=O)Cc1ccc(C(=O)CC(C)=O)c(Cl)c1. The fourth-order valence-electron chi connectivity index (χ4n) is 1.45. The van der Waals surface area contributed by atoms with Crippen molar-refractivity contribution >= 4 is 29.1 Å². The molecule has 0 saturated heterocycles. The molecule has 1 aromatic rings. The molecule has 0 unspecified atom stereocenters. The van der Waals surface area contributed by atoms with E-state index in [4.69, 9.17) is 11.6 Å². The van der Waals surface area contributed by atoms with Crippen molar-refractivity contribution in [3.8, 4) is 0 Å². The number of Topliss-reactive ketones (excluding diaryl/α,β-unsaturated/α-hetero) is 2. The summed E-state index contributed by atoms with van der Waals surface area (Å²) >= 11 is 5.95. The highest BCUT2D eigenvalue weighted by Gasteiger charge is 2.13. The minimum Gasteiger partial charge on any atom is -0.469 e. The Morgan fingerprint density at radius 1 is 1.28 bits per heavy atom. The summed E-state index contributed by atoms with van der Waals surface area (Å²) in [5.74, 6) is -0.916. The van der Waals surface area contributed by atoms with E-state index in [2.05, 4.69) is 4.74 Å². The summed E-state index contributed by atoms with van der Waals surface area (Å²) in [4.78, 5) is 33.6. The molecule has 5 heteroatoms. The number of hydrogen-bond donors (Lipinski definition) is 0. The van der Waals surface area contributed by atoms with Crippen LogP contribution >= 0.6 is 11.6 Å². The van der Waals surface area contributed by atoms with Gasteiger partial charge in [0, 0.05) is 5.56 Å². The molecule has 0 aromatic heterocycles. The highest BCUT2D eigenvalue weighted by Crippen LogP contribution is 2.20. The van der Waals surface area contributed by atoms with Crippen LogP contribution in [-0.2, 0) is 20.7 Å². The van der Waals surface area contributed by atoms with E-state index in [1.807, 2.05) is 0 Å². The largest absolute Gasteiger partial charge is 0.469 e. The number of halogens is 1. The molecule has 0 saturated carbocycles. The second-order valence-electron chi connectivity index (χ2n) is 3.87. The number of carbonyl (C=O) groups is 3. The van der Waals surface area contributed by atoms with Gasteiger partial charge < -0.3 is 4.74 Å². The molecule has 0 spiro atoms. The monoisotopic (exact) mass is 268 g/mol. The first-order valence-corrected chi connectivity index (χ1v) is 5.69. The lowest BCUT2D eigenvalue weighted by Gasteiger charge is -2.05. The van der Waals surface area contributed by atoms with Crippen LogP contribution in [0.1, 0.15) is 29.3 Å². The molecule has 0 aliphatic rings. The van der Waals surface area contributed by atoms with Crippen LogP contribution in [0.5, 0.6) is 0 Å². The van der Waals surface area contributed by atoms with Crippen LogP contribution in [0.2, 0.25) is 5.02 Å². The molecule has 0 fully saturated rings. The molecule has 0 amide bonds. The minimum atomic E-state index is -0.381. The van der Waals surface area contributed by atoms with E-state index in [0.717, 1.165) is 0 Å². The average Bonchev–Trinajstić information content (AvgIpc) is 2.27. The predicted octanol–water partition coefficient (Wildman–Crippen LogP) is 2.22. The van der Waals surface area contributed by atoms with Crippen LogP contribution in [-0.4, -0.2) is 24.6 Å². The molecule has 0 bridgehead atoms. The van der Waals surface area contributed by atoms with Gasteiger partial charge in [0.15, 0.2) is 5.78 Å². The van der Waals surface area contributed by atoms with E-state index in [-0.39, 0.29) is 35.4 Å². The summed E-state index contributed by atoms with van der Waals surface area (Å²) < 4.78 is 4.53. The van der Waals surface area contributed by atoms with E-state index in [9.17, 15) is 14.4 Å². The Kier molecular flexibility index (Phi) is 5.04. The van der Waals surface area contributed by atoms with Gasteiger partial charge in [-0.2, -0.15) is 0 Å². The van der Waals surface area contributed by atoms with Gasteiger partial charge in [-0.15, -0.1) is 0 Å². The van der Waals surface area contributed by atoms with Crippen LogP contribution in [0, 0.1) is 0 Å². The highest BCUT2D eigenvalue weighted by molar-refractivity contribution is 6.34. The van der Waals surface area contributed by atoms with Crippen molar-refractivity contribution in [1.82, 2.24) is 0 Å². The van der Waals surface area contributed by atoms with Crippen LogP contribution in [0.3, 0.4) is 0 Å². The third-order valence-electron chi connectivity index (χ3n) is 2.32. The second kappa shape index (κ2) is 6.31. The Bertz CT molecular complexity index is 494. The summed E-state index contributed by atoms with van der Waals surface area (Å²) in [6.45, 7) is 1.34. The fraction of sp³-hybridized carbons (Fsp3) is 0.308. The number of methoxy groups -OCH3 is 1. The molecule has 0 N–H and O–H groups in total. The lowest BCUT2D eigenvalue weighted by molar-refractivity contribution is -0.139. The molecule has 0 aliphatic heterocycles. The molecular formula is C13H13ClO4. The topological polar surface area (TPSA) is 60.4 Å². The Morgan fingerprint density at radius 2 is 1.94 bits per heavy atom. The number of ketones is 2. The van der Waals surface area contributed by atoms with Gasteiger partial charge in [0.1, 0.15) is 5.78 Å². The lowest BCUT2D eigenvalue weighted by Crippen LogP contribution is -2.07. The van der Waals surface area contributed by atoms with Crippen LogP contribution in [0.25, 0.3) is 0 Å². The quantitative estimate of drug-likeness (QED) is 0.467. The van der Waals surface area contributed by atoms with E-state index < -0.39 is 0 Å². The first kappa shape index (κ1) is 14.4. The number of hydrogen-bond acceptors (Lipinski definition) is 4. The molecule has 4 nitrogen and oxygen atoms in total. The standard InChI is InChI=1S/C13H13ClO4/c1-8(15)5-12(16)10-4-3-9(6-11(10)14)7-13(17)18-2/h3-4,6H,5,7H2,1-2H3. The second-order valence-corrected chi connectivity index (χ2v) is 4.28. The Balaban J connectivity index is 2.89. The van der Waals surface area contributed by atoms with E-state index in [0.29, 0.717) is 11.1 Å². The van der Waals surface area contributed by atoms with Gasteiger partial charge in [-0.3, -0.25) is 14.4 Å². The zero-order chi connectivity index (χ0) is 13.7. The lowest BCUT2D eigenvalue weighted by atomic mass is 10.0. The van der Waals surface area contributed by atoms with Gasteiger partial charge in [-0.05, 0) is 24.6 Å². The highest BCUT2D eigenvalue weighted by atomic mass is 35.5. The van der Waals surface area contributed by atoms with Crippen molar-refractivity contribution in [2.75, 3.05) is 7.11 Å². The number of carbonyl (C=O) groups excluding carboxylic acids is 3. The summed E-state index contributed by atoms with van der Waals surface area (Å²) in [5.41, 5.74) is 0.951. The Morgan fingerprint density at radius 3 is 2.44 bits per heavy atom. The van der Waals surface area contributed by atoms with Crippen molar-refractivity contribution < 1.29 is 19.1 Å². The van der Waals surface area contributed by atoms with Gasteiger partial charge in [-0.25, -0.2) is 0 Å². The third kappa shape index (κ3) is 3.96. The number of ether oxygens (including phenoxy) is 1. The van der Waals surface area contributed by atoms with Gasteiger partial charge >= 0.3 is 5.97 Å². The van der Waals surface area contributed by atoms with Crippen LogP contribution in [0.4, 0.5) is 0 Å². The summed E-state index contributed by atoms with van der Waals surface area (Å²) in [7, 11) is 1.30. The molecule has 1 rings (SSSR count). The zero-order valence-electron chi connectivity index (χ0n) is 10.2. The van der Waals surface area contributed by atoms with Crippen molar-refractivity contribution in [2.24, 2.45) is 0 Å². The Hall–Kier alpha value is -1.68. The maximum Gasteiger partial charge on any atom is 0.309 e. The van der Waals surface area contributed by atoms with Gasteiger partial charge in [0.05, 0.1) is 25.0 Å². The molecular weight excluding hydrogens is 256 g/mol. The zero-order valence-corrected chi connectivity index (χ0v) is 10.9. The molecule has 1 aromatic carbocycles. The summed E-state index contributed by atoms with van der Waals surface area (Å²) in [5, 5.41) is 0.239. The normalized spacial score (nSPS) is 9.94. The van der Waals surface area contributed by atoms with E-state index in [1.54, 1.807) is 6.07 Å². The number of benzene rings is 1. The fourth-order valence-corrected chi connectivity index (χ4v) is 1.76. The average molecular weight is 269 g/mol. The van der Waals surface area contributed by atoms with Gasteiger partial charge in [0.2, 0.25) is 0 Å². The molecule has 0 atom stereocenters. The van der Waals surface area contributed by atoms with E-state index in [1.165, 1.54) is 26.2 Å². The summed E-state index contributed by atoms with van der Waals surface area (Å²) in [6, 6.07) is 4.67. The van der Waals surface area contributed by atoms with Gasteiger partial charge in [-0.1, -0.05) is 17.7 Å². The van der Waals surface area contributed by atoms with E-state index >= 15 is 0 Å². The number of esters is 1. The molecule has 0 radical (unpaired) electrons. The maximum absolute atomic E-state index is 11.7. The van der Waals surface area contributed by atoms with Crippen molar-refractivity contribution in [3.63, 3.8) is 0 Å². The molecule has 18 heavy (non-hydrogen) atoms. The number of rotatable bonds is 5. The van der Waals surface area contributed by atoms with Crippen molar-refractivity contribution in [3.05, 3.63) is 34.3 Å². The maximum atomic E-state index is 11.7. The van der Waals surface area contributed by atoms with Crippen LogP contribution in [0.15, 0.2) is 18.2 Å². The third-order valence-corrected chi connectivity index (χ3v) is 2.63. The first-order valence-electron chi connectivity index (χ1n) is 5.32. The van der Waals surface area contributed by atoms with Crippen molar-refractivity contribution in [1.29, 1.82) is 0 Å². The molecule has 0 heterocycles. The first-order chi connectivity index (χ1) is 8.43. The minimum absolute atomic E-state index is 0.0946. The predicted molar refractivity (Wildman–Crippen MR) is 66.8 cm³/mol. The smallest absolute Gasteiger partial charge is 0.309 e. The molecule has 0 aliphatic carbocycles. The van der Waals surface area contributed by atoms with Crippen LogP contribution < -0.4 is 0 Å². The Labute approximate surface area is 110 Å². The molecule has 96 valence electrons. The van der Waals surface area contributed by atoms with Crippen molar-refractivity contribution in [2.45, 2.75) is 19.8 Å². The van der Waals surface area contributed by atoms with Gasteiger partial charge in [0.25, 0.3) is 0 Å².